The van der Waals surface area contributed by atoms with Gasteiger partial charge in [0, 0.05) is 31.3 Å². The summed E-state index contributed by atoms with van der Waals surface area (Å²) >= 11 is 6.27. The quantitative estimate of drug-likeness (QED) is 0.704. The van der Waals surface area contributed by atoms with Crippen molar-refractivity contribution in [2.24, 2.45) is 5.92 Å². The summed E-state index contributed by atoms with van der Waals surface area (Å²) < 4.78 is 11.5. The molecule has 5 nitrogen and oxygen atoms in total. The molecule has 2 aromatic rings. The topological polar surface area (TPSA) is 60.5 Å². The van der Waals surface area contributed by atoms with Gasteiger partial charge in [0.25, 0.3) is 0 Å². The Labute approximate surface area is 164 Å². The van der Waals surface area contributed by atoms with E-state index in [1.165, 1.54) is 19.8 Å². The molecule has 1 aromatic carbocycles. The van der Waals surface area contributed by atoms with Gasteiger partial charge in [0.1, 0.15) is 11.5 Å². The van der Waals surface area contributed by atoms with Crippen LogP contribution in [0, 0.1) is 5.92 Å². The number of hydrogen-bond donors (Lipinski definition) is 1. The Morgan fingerprint density at radius 1 is 1.37 bits per heavy atom. The van der Waals surface area contributed by atoms with Gasteiger partial charge in [-0.05, 0) is 49.4 Å². The number of aromatic nitrogens is 1. The van der Waals surface area contributed by atoms with Crippen LogP contribution in [0.2, 0.25) is 5.02 Å². The van der Waals surface area contributed by atoms with E-state index in [-0.39, 0.29) is 11.9 Å². The van der Waals surface area contributed by atoms with E-state index in [1.807, 2.05) is 37.3 Å². The summed E-state index contributed by atoms with van der Waals surface area (Å²) in [7, 11) is 0. The molecule has 1 N–H and O–H groups in total. The minimum absolute atomic E-state index is 0.0405. The normalized spacial score (nSPS) is 14.8. The fourth-order valence-electron chi connectivity index (χ4n) is 2.45. The minimum Gasteiger partial charge on any atom is -0.492 e. The van der Waals surface area contributed by atoms with E-state index in [0.29, 0.717) is 28.3 Å². The van der Waals surface area contributed by atoms with Gasteiger partial charge >= 0.3 is 0 Å². The van der Waals surface area contributed by atoms with Crippen LogP contribution in [0.15, 0.2) is 42.6 Å². The zero-order chi connectivity index (χ0) is 19.2. The highest BCUT2D eigenvalue weighted by Gasteiger charge is 2.22. The number of carbonyl (C=O) groups is 1. The summed E-state index contributed by atoms with van der Waals surface area (Å²) in [6.45, 7) is 4.12. The number of carbonyl (C=O) groups excluding carboxylic acids is 1. The molecule has 0 unspecified atom stereocenters. The molecule has 1 aliphatic carbocycles. The summed E-state index contributed by atoms with van der Waals surface area (Å²) in [6.07, 6.45) is 7.99. The van der Waals surface area contributed by atoms with Gasteiger partial charge in [0.2, 0.25) is 11.8 Å². The molecule has 0 radical (unpaired) electrons. The van der Waals surface area contributed by atoms with Crippen molar-refractivity contribution in [3.63, 3.8) is 0 Å². The molecule has 142 valence electrons. The van der Waals surface area contributed by atoms with Crippen LogP contribution in [-0.2, 0) is 4.79 Å². The van der Waals surface area contributed by atoms with Crippen molar-refractivity contribution in [1.29, 1.82) is 0 Å². The standard InChI is InChI=1S/C21H23ClN2O3/c1-14(24-15(2)25)3-4-16-7-10-21(23-12-16)27-18-8-9-20(19(22)11-18)26-13-17-5-6-17/h3-4,7-12,14,17H,5-6,13H2,1-2H3,(H,24,25)/t14-/m0/s1. The molecule has 0 bridgehead atoms. The van der Waals surface area contributed by atoms with Crippen molar-refractivity contribution in [3.05, 3.63) is 53.2 Å². The second-order valence-electron chi connectivity index (χ2n) is 6.73. The van der Waals surface area contributed by atoms with E-state index in [0.717, 1.165) is 12.2 Å². The van der Waals surface area contributed by atoms with E-state index in [9.17, 15) is 4.79 Å². The lowest BCUT2D eigenvalue weighted by atomic mass is 10.2. The number of pyridine rings is 1. The number of hydrogen-bond acceptors (Lipinski definition) is 4. The van der Waals surface area contributed by atoms with Gasteiger partial charge in [-0.1, -0.05) is 23.8 Å². The Morgan fingerprint density at radius 3 is 2.81 bits per heavy atom. The monoisotopic (exact) mass is 386 g/mol. The Bertz CT molecular complexity index is 817. The maximum atomic E-state index is 11.0. The average molecular weight is 387 g/mol. The summed E-state index contributed by atoms with van der Waals surface area (Å²) in [6, 6.07) is 9.01. The van der Waals surface area contributed by atoms with Crippen LogP contribution < -0.4 is 14.8 Å². The highest BCUT2D eigenvalue weighted by atomic mass is 35.5. The first-order valence-corrected chi connectivity index (χ1v) is 9.39. The maximum Gasteiger partial charge on any atom is 0.219 e. The molecule has 1 atom stereocenters. The van der Waals surface area contributed by atoms with Crippen LogP contribution >= 0.6 is 11.6 Å². The highest BCUT2D eigenvalue weighted by Crippen LogP contribution is 2.34. The third-order valence-corrected chi connectivity index (χ3v) is 4.36. The molecule has 1 aliphatic rings. The van der Waals surface area contributed by atoms with Crippen LogP contribution in [-0.4, -0.2) is 23.5 Å². The minimum atomic E-state index is -0.0587. The zero-order valence-electron chi connectivity index (χ0n) is 15.4. The summed E-state index contributed by atoms with van der Waals surface area (Å²) in [5.41, 5.74) is 0.918. The van der Waals surface area contributed by atoms with E-state index in [4.69, 9.17) is 21.1 Å². The molecule has 6 heteroatoms. The number of halogens is 1. The van der Waals surface area contributed by atoms with E-state index in [2.05, 4.69) is 10.3 Å². The molecular weight excluding hydrogens is 364 g/mol. The summed E-state index contributed by atoms with van der Waals surface area (Å²) in [5.74, 6) is 2.38. The largest absolute Gasteiger partial charge is 0.492 e. The number of ether oxygens (including phenoxy) is 2. The zero-order valence-corrected chi connectivity index (χ0v) is 16.2. The Hall–Kier alpha value is -2.53. The SMILES string of the molecule is CC(=O)N[C@@H](C)C=Cc1ccc(Oc2ccc(OCC3CC3)c(Cl)c2)nc1. The Morgan fingerprint density at radius 2 is 2.19 bits per heavy atom. The van der Waals surface area contributed by atoms with Crippen molar-refractivity contribution >= 4 is 23.6 Å². The lowest BCUT2D eigenvalue weighted by Crippen LogP contribution is -2.28. The summed E-state index contributed by atoms with van der Waals surface area (Å²) in [4.78, 5) is 15.3. The molecule has 1 amide bonds. The van der Waals surface area contributed by atoms with E-state index in [1.54, 1.807) is 18.3 Å². The highest BCUT2D eigenvalue weighted by molar-refractivity contribution is 6.32. The molecule has 0 saturated heterocycles. The van der Waals surface area contributed by atoms with Crippen molar-refractivity contribution in [1.82, 2.24) is 10.3 Å². The molecule has 0 spiro atoms. The first-order chi connectivity index (χ1) is 13.0. The lowest BCUT2D eigenvalue weighted by Gasteiger charge is -2.10. The van der Waals surface area contributed by atoms with Gasteiger partial charge in [0.15, 0.2) is 0 Å². The van der Waals surface area contributed by atoms with Gasteiger partial charge in [-0.25, -0.2) is 4.98 Å². The predicted octanol–water partition coefficient (Wildman–Crippen LogP) is 4.85. The van der Waals surface area contributed by atoms with Gasteiger partial charge in [-0.2, -0.15) is 0 Å². The van der Waals surface area contributed by atoms with Gasteiger partial charge in [0.05, 0.1) is 11.6 Å². The summed E-state index contributed by atoms with van der Waals surface area (Å²) in [5, 5.41) is 3.32. The number of amides is 1. The van der Waals surface area contributed by atoms with Crippen molar-refractivity contribution < 1.29 is 14.3 Å². The fraction of sp³-hybridized carbons (Fsp3) is 0.333. The van der Waals surface area contributed by atoms with Crippen LogP contribution in [0.4, 0.5) is 0 Å². The Balaban J connectivity index is 1.56. The lowest BCUT2D eigenvalue weighted by molar-refractivity contribution is -0.119. The Kier molecular flexibility index (Phi) is 6.35. The third-order valence-electron chi connectivity index (χ3n) is 4.06. The number of nitrogens with one attached hydrogen (secondary N) is 1. The fourth-order valence-corrected chi connectivity index (χ4v) is 2.67. The predicted molar refractivity (Wildman–Crippen MR) is 106 cm³/mol. The van der Waals surface area contributed by atoms with Gasteiger partial charge < -0.3 is 14.8 Å². The van der Waals surface area contributed by atoms with Crippen molar-refractivity contribution in [2.45, 2.75) is 32.7 Å². The van der Waals surface area contributed by atoms with Crippen molar-refractivity contribution in [2.75, 3.05) is 6.61 Å². The van der Waals surface area contributed by atoms with Crippen LogP contribution in [0.3, 0.4) is 0 Å². The smallest absolute Gasteiger partial charge is 0.219 e. The van der Waals surface area contributed by atoms with E-state index < -0.39 is 0 Å². The number of rotatable bonds is 8. The first kappa shape index (κ1) is 19.2. The average Bonchev–Trinajstić information content (AvgIpc) is 3.44. The second kappa shape index (κ2) is 8.91. The molecule has 1 fully saturated rings. The van der Waals surface area contributed by atoms with Gasteiger partial charge in [-0.3, -0.25) is 4.79 Å². The molecular formula is C21H23ClN2O3. The van der Waals surface area contributed by atoms with E-state index >= 15 is 0 Å². The molecule has 1 heterocycles. The third kappa shape index (κ3) is 6.29. The first-order valence-electron chi connectivity index (χ1n) is 9.01. The molecule has 3 rings (SSSR count). The van der Waals surface area contributed by atoms with Crippen LogP contribution in [0.1, 0.15) is 32.3 Å². The molecule has 27 heavy (non-hydrogen) atoms. The van der Waals surface area contributed by atoms with Crippen molar-refractivity contribution in [3.8, 4) is 17.4 Å². The van der Waals surface area contributed by atoms with Crippen LogP contribution in [0.25, 0.3) is 6.08 Å². The van der Waals surface area contributed by atoms with Gasteiger partial charge in [-0.15, -0.1) is 0 Å². The number of nitrogens with zero attached hydrogens (tertiary/aromatic N) is 1. The molecule has 1 aromatic heterocycles. The number of benzene rings is 1. The van der Waals surface area contributed by atoms with Crippen LogP contribution in [0.5, 0.6) is 17.4 Å². The second-order valence-corrected chi connectivity index (χ2v) is 7.13. The maximum absolute atomic E-state index is 11.0. The molecule has 1 saturated carbocycles. The molecule has 0 aliphatic heterocycles.